The maximum atomic E-state index is 13.8. The third-order valence-electron chi connectivity index (χ3n) is 5.04. The van der Waals surface area contributed by atoms with Gasteiger partial charge < -0.3 is 14.5 Å². The molecule has 158 valence electrons. The summed E-state index contributed by atoms with van der Waals surface area (Å²) >= 11 is 0. The predicted molar refractivity (Wildman–Crippen MR) is 110 cm³/mol. The van der Waals surface area contributed by atoms with Crippen LogP contribution in [0.15, 0.2) is 48.5 Å². The minimum absolute atomic E-state index is 0.0376. The highest BCUT2D eigenvalue weighted by atomic mass is 19.1. The van der Waals surface area contributed by atoms with Crippen LogP contribution in [0.25, 0.3) is 0 Å². The second-order valence-corrected chi connectivity index (χ2v) is 7.24. The molecule has 0 radical (unpaired) electrons. The highest BCUT2D eigenvalue weighted by molar-refractivity contribution is 5.94. The van der Waals surface area contributed by atoms with Crippen molar-refractivity contribution in [2.45, 2.75) is 26.2 Å². The van der Waals surface area contributed by atoms with E-state index < -0.39 is 5.97 Å². The number of esters is 1. The molecular formula is C23H25FN2O4. The number of rotatable bonds is 5. The van der Waals surface area contributed by atoms with Gasteiger partial charge >= 0.3 is 5.97 Å². The molecular weight excluding hydrogens is 387 g/mol. The van der Waals surface area contributed by atoms with Gasteiger partial charge in [0.1, 0.15) is 11.6 Å². The average molecular weight is 412 g/mol. The van der Waals surface area contributed by atoms with Gasteiger partial charge in [0.2, 0.25) is 5.91 Å². The molecule has 0 bridgehead atoms. The standard InChI is InChI=1S/C23H25FN2O4/c1-17(27)30-20-8-4-7-19(16-20)23(29)26-13-5-12-25(14-15-26)22(28)11-10-18-6-2-3-9-21(18)24/h2-4,6-9,16H,5,10-15H2,1H3. The van der Waals surface area contributed by atoms with Gasteiger partial charge in [-0.25, -0.2) is 4.39 Å². The smallest absolute Gasteiger partial charge is 0.308 e. The van der Waals surface area contributed by atoms with Crippen LogP contribution in [0.5, 0.6) is 5.75 Å². The molecule has 1 aliphatic heterocycles. The number of aryl methyl sites for hydroxylation is 1. The molecule has 30 heavy (non-hydrogen) atoms. The quantitative estimate of drug-likeness (QED) is 0.559. The zero-order valence-corrected chi connectivity index (χ0v) is 17.0. The SMILES string of the molecule is CC(=O)Oc1cccc(C(=O)N2CCCN(C(=O)CCc3ccccc3F)CC2)c1. The van der Waals surface area contributed by atoms with E-state index in [9.17, 15) is 18.8 Å². The third-order valence-corrected chi connectivity index (χ3v) is 5.04. The molecule has 1 fully saturated rings. The Morgan fingerprint density at radius 3 is 2.47 bits per heavy atom. The van der Waals surface area contributed by atoms with Crippen molar-refractivity contribution in [3.63, 3.8) is 0 Å². The first kappa shape index (κ1) is 21.5. The zero-order valence-electron chi connectivity index (χ0n) is 17.0. The first-order valence-corrected chi connectivity index (χ1v) is 10.0. The fraction of sp³-hybridized carbons (Fsp3) is 0.348. The summed E-state index contributed by atoms with van der Waals surface area (Å²) in [6.07, 6.45) is 1.26. The molecule has 2 aromatic rings. The van der Waals surface area contributed by atoms with Crippen molar-refractivity contribution in [3.05, 3.63) is 65.5 Å². The number of nitrogens with zero attached hydrogens (tertiary/aromatic N) is 2. The van der Waals surface area contributed by atoms with Crippen LogP contribution >= 0.6 is 0 Å². The van der Waals surface area contributed by atoms with Crippen LogP contribution in [-0.2, 0) is 16.0 Å². The number of amides is 2. The molecule has 0 unspecified atom stereocenters. The number of carbonyl (C=O) groups excluding carboxylic acids is 3. The van der Waals surface area contributed by atoms with Crippen LogP contribution in [0.2, 0.25) is 0 Å². The van der Waals surface area contributed by atoms with Crippen LogP contribution < -0.4 is 4.74 Å². The van der Waals surface area contributed by atoms with E-state index in [1.54, 1.807) is 52.3 Å². The normalized spacial score (nSPS) is 14.2. The molecule has 2 aromatic carbocycles. The molecule has 7 heteroatoms. The number of hydrogen-bond acceptors (Lipinski definition) is 4. The summed E-state index contributed by atoms with van der Waals surface area (Å²) in [5.41, 5.74) is 0.971. The van der Waals surface area contributed by atoms with E-state index in [2.05, 4.69) is 0 Å². The Kier molecular flexibility index (Phi) is 7.17. The van der Waals surface area contributed by atoms with E-state index in [1.165, 1.54) is 13.0 Å². The Morgan fingerprint density at radius 2 is 1.70 bits per heavy atom. The minimum atomic E-state index is -0.445. The maximum absolute atomic E-state index is 13.8. The van der Waals surface area contributed by atoms with Gasteiger partial charge in [-0.3, -0.25) is 14.4 Å². The Balaban J connectivity index is 1.56. The molecule has 0 aromatic heterocycles. The van der Waals surface area contributed by atoms with Gasteiger partial charge in [0, 0.05) is 45.1 Å². The van der Waals surface area contributed by atoms with Gasteiger partial charge in [0.05, 0.1) is 0 Å². The highest BCUT2D eigenvalue weighted by Crippen LogP contribution is 2.17. The lowest BCUT2D eigenvalue weighted by Gasteiger charge is -2.22. The average Bonchev–Trinajstić information content (AvgIpc) is 2.98. The Hall–Kier alpha value is -3.22. The van der Waals surface area contributed by atoms with Crippen LogP contribution in [0, 0.1) is 5.82 Å². The van der Waals surface area contributed by atoms with E-state index >= 15 is 0 Å². The first-order chi connectivity index (χ1) is 14.4. The second kappa shape index (κ2) is 10.0. The Morgan fingerprint density at radius 1 is 0.967 bits per heavy atom. The van der Waals surface area contributed by atoms with Gasteiger partial charge in [0.25, 0.3) is 5.91 Å². The van der Waals surface area contributed by atoms with Gasteiger partial charge in [-0.2, -0.15) is 0 Å². The molecule has 6 nitrogen and oxygen atoms in total. The summed E-state index contributed by atoms with van der Waals surface area (Å²) in [7, 11) is 0. The van der Waals surface area contributed by atoms with Crippen molar-refractivity contribution in [3.8, 4) is 5.75 Å². The predicted octanol–water partition coefficient (Wildman–Crippen LogP) is 3.06. The molecule has 0 aliphatic carbocycles. The number of hydrogen-bond donors (Lipinski definition) is 0. The summed E-state index contributed by atoms with van der Waals surface area (Å²) in [5.74, 6) is -0.616. The minimum Gasteiger partial charge on any atom is -0.427 e. The Bertz CT molecular complexity index is 931. The van der Waals surface area contributed by atoms with Crippen molar-refractivity contribution in [2.24, 2.45) is 0 Å². The van der Waals surface area contributed by atoms with Crippen molar-refractivity contribution < 1.29 is 23.5 Å². The van der Waals surface area contributed by atoms with Gasteiger partial charge in [-0.05, 0) is 42.7 Å². The second-order valence-electron chi connectivity index (χ2n) is 7.24. The van der Waals surface area contributed by atoms with Crippen LogP contribution in [0.1, 0.15) is 35.7 Å². The fourth-order valence-corrected chi connectivity index (χ4v) is 3.51. The van der Waals surface area contributed by atoms with Crippen LogP contribution in [-0.4, -0.2) is 53.8 Å². The topological polar surface area (TPSA) is 66.9 Å². The summed E-state index contributed by atoms with van der Waals surface area (Å²) in [6, 6.07) is 13.0. The summed E-state index contributed by atoms with van der Waals surface area (Å²) < 4.78 is 18.8. The van der Waals surface area contributed by atoms with Crippen molar-refractivity contribution in [2.75, 3.05) is 26.2 Å². The number of halogens is 1. The first-order valence-electron chi connectivity index (χ1n) is 10.0. The molecule has 1 aliphatic rings. The van der Waals surface area contributed by atoms with Crippen molar-refractivity contribution >= 4 is 17.8 Å². The molecule has 0 N–H and O–H groups in total. The Labute approximate surface area is 175 Å². The van der Waals surface area contributed by atoms with E-state index in [-0.39, 0.29) is 24.1 Å². The third kappa shape index (κ3) is 5.65. The highest BCUT2D eigenvalue weighted by Gasteiger charge is 2.23. The van der Waals surface area contributed by atoms with Gasteiger partial charge in [0.15, 0.2) is 0 Å². The molecule has 3 rings (SSSR count). The monoisotopic (exact) mass is 412 g/mol. The summed E-state index contributed by atoms with van der Waals surface area (Å²) in [5, 5.41) is 0. The van der Waals surface area contributed by atoms with E-state index in [0.29, 0.717) is 55.9 Å². The lowest BCUT2D eigenvalue weighted by molar-refractivity contribution is -0.132. The summed E-state index contributed by atoms with van der Waals surface area (Å²) in [6.45, 7) is 3.26. The lowest BCUT2D eigenvalue weighted by Crippen LogP contribution is -2.37. The van der Waals surface area contributed by atoms with Gasteiger partial charge in [-0.1, -0.05) is 24.3 Å². The largest absolute Gasteiger partial charge is 0.427 e. The van der Waals surface area contributed by atoms with E-state index in [4.69, 9.17) is 4.74 Å². The number of benzene rings is 2. The molecule has 1 heterocycles. The van der Waals surface area contributed by atoms with E-state index in [0.717, 1.165) is 0 Å². The van der Waals surface area contributed by atoms with Gasteiger partial charge in [-0.15, -0.1) is 0 Å². The molecule has 0 saturated carbocycles. The van der Waals surface area contributed by atoms with Crippen molar-refractivity contribution in [1.29, 1.82) is 0 Å². The molecule has 0 atom stereocenters. The fourth-order valence-electron chi connectivity index (χ4n) is 3.51. The van der Waals surface area contributed by atoms with Crippen LogP contribution in [0.3, 0.4) is 0 Å². The number of carbonyl (C=O) groups is 3. The lowest BCUT2D eigenvalue weighted by atomic mass is 10.1. The van der Waals surface area contributed by atoms with Crippen molar-refractivity contribution in [1.82, 2.24) is 9.80 Å². The molecule has 1 saturated heterocycles. The molecule has 0 spiro atoms. The summed E-state index contributed by atoms with van der Waals surface area (Å²) in [4.78, 5) is 40.0. The molecule has 2 amide bonds. The maximum Gasteiger partial charge on any atom is 0.308 e. The number of ether oxygens (including phenoxy) is 1. The van der Waals surface area contributed by atoms with Crippen LogP contribution in [0.4, 0.5) is 4.39 Å². The zero-order chi connectivity index (χ0) is 21.5. The van der Waals surface area contributed by atoms with E-state index in [1.807, 2.05) is 0 Å².